The number of fused-ring (bicyclic) bond motifs is 1. The van der Waals surface area contributed by atoms with Gasteiger partial charge in [0.15, 0.2) is 5.78 Å². The van der Waals surface area contributed by atoms with Crippen LogP contribution < -0.4 is 4.74 Å². The van der Waals surface area contributed by atoms with Crippen LogP contribution in [0.1, 0.15) is 17.3 Å². The Hall–Kier alpha value is -1.92. The lowest BCUT2D eigenvalue weighted by molar-refractivity contribution is 0.0994. The lowest BCUT2D eigenvalue weighted by atomic mass is 10.1. The van der Waals surface area contributed by atoms with Gasteiger partial charge in [-0.15, -0.1) is 11.3 Å². The number of hydrogen-bond acceptors (Lipinski definition) is 6. The Morgan fingerprint density at radius 3 is 2.73 bits per heavy atom. The number of thioether (sulfide) groups is 1. The SMILES string of the molecule is COc1ccc(C(=O)[C@H](C)Sc2ncnc3sccc23)cc1. The van der Waals surface area contributed by atoms with Crippen LogP contribution in [0.5, 0.6) is 5.75 Å². The van der Waals surface area contributed by atoms with E-state index in [4.69, 9.17) is 4.74 Å². The van der Waals surface area contributed by atoms with Crippen molar-refractivity contribution in [1.29, 1.82) is 0 Å². The van der Waals surface area contributed by atoms with Crippen LogP contribution in [0.25, 0.3) is 10.2 Å². The van der Waals surface area contributed by atoms with E-state index >= 15 is 0 Å². The smallest absolute Gasteiger partial charge is 0.175 e. The van der Waals surface area contributed by atoms with Crippen molar-refractivity contribution in [3.8, 4) is 5.75 Å². The normalized spacial score (nSPS) is 12.3. The first-order valence-electron chi connectivity index (χ1n) is 6.72. The largest absolute Gasteiger partial charge is 0.497 e. The van der Waals surface area contributed by atoms with Gasteiger partial charge < -0.3 is 4.74 Å². The quantitative estimate of drug-likeness (QED) is 0.401. The fourth-order valence-electron chi connectivity index (χ4n) is 2.07. The van der Waals surface area contributed by atoms with Crippen molar-refractivity contribution >= 4 is 39.1 Å². The van der Waals surface area contributed by atoms with Crippen molar-refractivity contribution in [2.75, 3.05) is 7.11 Å². The minimum atomic E-state index is -0.216. The zero-order valence-corrected chi connectivity index (χ0v) is 13.8. The third-order valence-electron chi connectivity index (χ3n) is 3.26. The number of rotatable bonds is 5. The van der Waals surface area contributed by atoms with Crippen molar-refractivity contribution in [2.24, 2.45) is 0 Å². The van der Waals surface area contributed by atoms with Crippen molar-refractivity contribution in [2.45, 2.75) is 17.2 Å². The van der Waals surface area contributed by atoms with E-state index in [1.54, 1.807) is 49.0 Å². The first-order valence-corrected chi connectivity index (χ1v) is 8.48. The van der Waals surface area contributed by atoms with Gasteiger partial charge in [-0.05, 0) is 42.6 Å². The van der Waals surface area contributed by atoms with Gasteiger partial charge in [-0.2, -0.15) is 0 Å². The van der Waals surface area contributed by atoms with Crippen LogP contribution in [-0.2, 0) is 0 Å². The number of carbonyl (C=O) groups is 1. The van der Waals surface area contributed by atoms with E-state index in [2.05, 4.69) is 9.97 Å². The second-order valence-electron chi connectivity index (χ2n) is 4.67. The van der Waals surface area contributed by atoms with Crippen LogP contribution in [0, 0.1) is 0 Å². The van der Waals surface area contributed by atoms with E-state index in [9.17, 15) is 4.79 Å². The highest BCUT2D eigenvalue weighted by Gasteiger charge is 2.18. The van der Waals surface area contributed by atoms with Gasteiger partial charge in [-0.25, -0.2) is 9.97 Å². The summed E-state index contributed by atoms with van der Waals surface area (Å²) in [6.45, 7) is 1.90. The molecule has 6 heteroatoms. The number of Topliss-reactive ketones (excluding diaryl/α,β-unsaturated/α-hetero) is 1. The fourth-order valence-corrected chi connectivity index (χ4v) is 3.85. The molecule has 3 aromatic rings. The second kappa shape index (κ2) is 6.46. The molecule has 1 aromatic carbocycles. The van der Waals surface area contributed by atoms with Crippen molar-refractivity contribution in [3.05, 3.63) is 47.6 Å². The average molecular weight is 330 g/mol. The zero-order chi connectivity index (χ0) is 15.5. The number of benzene rings is 1. The Bertz CT molecular complexity index is 799. The number of thiophene rings is 1. The molecule has 0 N–H and O–H groups in total. The molecule has 112 valence electrons. The first-order chi connectivity index (χ1) is 10.7. The maximum absolute atomic E-state index is 12.5. The van der Waals surface area contributed by atoms with E-state index in [0.29, 0.717) is 5.56 Å². The molecule has 0 amide bonds. The summed E-state index contributed by atoms with van der Waals surface area (Å²) in [5.41, 5.74) is 0.677. The van der Waals surface area contributed by atoms with Gasteiger partial charge in [0, 0.05) is 10.9 Å². The van der Waals surface area contributed by atoms with Crippen LogP contribution in [0.2, 0.25) is 0 Å². The molecular formula is C16H14N2O2S2. The molecule has 0 aliphatic carbocycles. The molecule has 0 bridgehead atoms. The molecule has 1 atom stereocenters. The zero-order valence-electron chi connectivity index (χ0n) is 12.1. The predicted octanol–water partition coefficient (Wildman–Crippen LogP) is 4.06. The molecule has 0 radical (unpaired) electrons. The van der Waals surface area contributed by atoms with Crippen LogP contribution in [0.3, 0.4) is 0 Å². The van der Waals surface area contributed by atoms with Gasteiger partial charge in [0.1, 0.15) is 21.9 Å². The molecule has 0 saturated heterocycles. The molecular weight excluding hydrogens is 316 g/mol. The Morgan fingerprint density at radius 1 is 1.23 bits per heavy atom. The number of carbonyl (C=O) groups excluding carboxylic acids is 1. The number of hydrogen-bond donors (Lipinski definition) is 0. The molecule has 0 unspecified atom stereocenters. The summed E-state index contributed by atoms with van der Waals surface area (Å²) in [5, 5.41) is 3.62. The molecule has 0 spiro atoms. The van der Waals surface area contributed by atoms with Crippen molar-refractivity contribution < 1.29 is 9.53 Å². The number of nitrogens with zero attached hydrogens (tertiary/aromatic N) is 2. The summed E-state index contributed by atoms with van der Waals surface area (Å²) in [7, 11) is 1.61. The number of aromatic nitrogens is 2. The standard InChI is InChI=1S/C16H14N2O2S2/c1-10(14(19)11-3-5-12(20-2)6-4-11)22-16-13-7-8-21-15(13)17-9-18-16/h3-10H,1-2H3/t10-/m0/s1. The summed E-state index contributed by atoms with van der Waals surface area (Å²) in [5.74, 6) is 0.822. The molecule has 0 aliphatic rings. The molecule has 0 aliphatic heterocycles. The van der Waals surface area contributed by atoms with E-state index in [1.807, 2.05) is 18.4 Å². The monoisotopic (exact) mass is 330 g/mol. The molecule has 0 fully saturated rings. The predicted molar refractivity (Wildman–Crippen MR) is 90.1 cm³/mol. The molecule has 3 rings (SSSR count). The van der Waals surface area contributed by atoms with Gasteiger partial charge in [0.05, 0.1) is 12.4 Å². The lowest BCUT2D eigenvalue weighted by Gasteiger charge is -2.10. The lowest BCUT2D eigenvalue weighted by Crippen LogP contribution is -2.13. The van der Waals surface area contributed by atoms with Crippen molar-refractivity contribution in [1.82, 2.24) is 9.97 Å². The van der Waals surface area contributed by atoms with E-state index in [-0.39, 0.29) is 11.0 Å². The van der Waals surface area contributed by atoms with Crippen LogP contribution in [0.15, 0.2) is 47.1 Å². The molecule has 4 nitrogen and oxygen atoms in total. The van der Waals surface area contributed by atoms with Crippen LogP contribution in [0.4, 0.5) is 0 Å². The topological polar surface area (TPSA) is 52.1 Å². The van der Waals surface area contributed by atoms with Gasteiger partial charge in [-0.1, -0.05) is 11.8 Å². The maximum atomic E-state index is 12.5. The maximum Gasteiger partial charge on any atom is 0.175 e. The third kappa shape index (κ3) is 2.98. The summed E-state index contributed by atoms with van der Waals surface area (Å²) in [4.78, 5) is 22.0. The average Bonchev–Trinajstić information content (AvgIpc) is 3.04. The van der Waals surface area contributed by atoms with Gasteiger partial charge >= 0.3 is 0 Å². The second-order valence-corrected chi connectivity index (χ2v) is 6.90. The van der Waals surface area contributed by atoms with Crippen molar-refractivity contribution in [3.63, 3.8) is 0 Å². The van der Waals surface area contributed by atoms with Gasteiger partial charge in [-0.3, -0.25) is 4.79 Å². The summed E-state index contributed by atoms with van der Waals surface area (Å²) >= 11 is 3.04. The number of ether oxygens (including phenoxy) is 1. The van der Waals surface area contributed by atoms with E-state index < -0.39 is 0 Å². The fraction of sp³-hybridized carbons (Fsp3) is 0.188. The summed E-state index contributed by atoms with van der Waals surface area (Å²) in [6.07, 6.45) is 1.55. The van der Waals surface area contributed by atoms with Crippen LogP contribution >= 0.6 is 23.1 Å². The van der Waals surface area contributed by atoms with Gasteiger partial charge in [0.2, 0.25) is 0 Å². The Kier molecular flexibility index (Phi) is 4.40. The Morgan fingerprint density at radius 2 is 2.00 bits per heavy atom. The highest BCUT2D eigenvalue weighted by atomic mass is 32.2. The Balaban J connectivity index is 1.79. The molecule has 0 saturated carbocycles. The van der Waals surface area contributed by atoms with Crippen LogP contribution in [-0.4, -0.2) is 28.1 Å². The minimum absolute atomic E-state index is 0.0784. The minimum Gasteiger partial charge on any atom is -0.497 e. The number of ketones is 1. The molecule has 22 heavy (non-hydrogen) atoms. The van der Waals surface area contributed by atoms with E-state index in [0.717, 1.165) is 21.0 Å². The Labute approximate surface area is 136 Å². The highest BCUT2D eigenvalue weighted by Crippen LogP contribution is 2.31. The highest BCUT2D eigenvalue weighted by molar-refractivity contribution is 8.00. The number of methoxy groups -OCH3 is 1. The molecule has 2 aromatic heterocycles. The summed E-state index contributed by atoms with van der Waals surface area (Å²) < 4.78 is 5.11. The van der Waals surface area contributed by atoms with Gasteiger partial charge in [0.25, 0.3) is 0 Å². The first kappa shape index (κ1) is 15.0. The third-order valence-corrected chi connectivity index (χ3v) is 5.19. The van der Waals surface area contributed by atoms with E-state index in [1.165, 1.54) is 11.8 Å². The summed E-state index contributed by atoms with van der Waals surface area (Å²) in [6, 6.07) is 9.17. The molecule has 2 heterocycles.